The predicted molar refractivity (Wildman–Crippen MR) is 321 cm³/mol. The van der Waals surface area contributed by atoms with E-state index >= 15 is 0 Å². The second-order valence-electron chi connectivity index (χ2n) is 22.2. The molecule has 0 N–H and O–H groups in total. The summed E-state index contributed by atoms with van der Waals surface area (Å²) in [6.45, 7) is 9.92. The third-order valence-corrected chi connectivity index (χ3v) is 17.8. The first-order chi connectivity index (χ1) is 36.2. The van der Waals surface area contributed by atoms with Gasteiger partial charge in [0, 0.05) is 10.8 Å². The fraction of sp³-hybridized carbons (Fsp3) is 0.0811. The molecule has 0 fully saturated rings. The smallest absolute Gasteiger partial charge is 0.0153 e. The molecule has 0 nitrogen and oxygen atoms in total. The highest BCUT2D eigenvalue weighted by molar-refractivity contribution is 6.30. The molecule has 1 aliphatic carbocycles. The summed E-state index contributed by atoms with van der Waals surface area (Å²) in [7, 11) is 0. The Morgan fingerprint density at radius 3 is 0.622 bits per heavy atom. The topological polar surface area (TPSA) is 0 Å². The molecule has 0 spiro atoms. The highest BCUT2D eigenvalue weighted by Gasteiger charge is 2.43. The van der Waals surface area contributed by atoms with Gasteiger partial charge in [0.25, 0.3) is 0 Å². The van der Waals surface area contributed by atoms with Crippen LogP contribution >= 0.6 is 0 Å². The van der Waals surface area contributed by atoms with Crippen LogP contribution in [0, 0.1) is 0 Å². The van der Waals surface area contributed by atoms with Crippen molar-refractivity contribution in [3.63, 3.8) is 0 Å². The molecule has 0 bridgehead atoms. The van der Waals surface area contributed by atoms with Gasteiger partial charge in [-0.2, -0.15) is 0 Å². The van der Waals surface area contributed by atoms with Gasteiger partial charge in [0.1, 0.15) is 0 Å². The lowest BCUT2D eigenvalue weighted by atomic mass is 9.59. The summed E-state index contributed by atoms with van der Waals surface area (Å²) in [5, 5.41) is 28.5. The van der Waals surface area contributed by atoms with Crippen LogP contribution in [0.15, 0.2) is 231 Å². The van der Waals surface area contributed by atoms with E-state index in [1.165, 1.54) is 163 Å². The summed E-state index contributed by atoms with van der Waals surface area (Å²) in [5.74, 6) is 0. The van der Waals surface area contributed by atoms with E-state index in [0.717, 1.165) is 0 Å². The van der Waals surface area contributed by atoms with Crippen molar-refractivity contribution in [2.45, 2.75) is 38.5 Å². The molecular formula is C74H50. The maximum atomic E-state index is 2.63. The first-order valence-electron chi connectivity index (χ1n) is 26.3. The molecule has 0 amide bonds. The Labute approximate surface area is 429 Å². The molecule has 0 atom stereocenters. The highest BCUT2D eigenvalue weighted by Crippen LogP contribution is 2.56. The standard InChI is InChI=1S/C74H50/c1-73(2)67-39-63-55-29-15-11-23-49(55)50-24-12-16-30-56(50)64(63)40-68(67)74(3,4)70-42-66-65(41-69(70)73)71(43-33-35-57-51-25-7-5-19-45(51)47-21-9-13-27-53(47)61(57)37-43)59-31-17-18-32-60(59)72(66)44-34-36-58-52-26-8-6-20-46(52)48-22-10-14-28-54(48)62(58)38-44/h5-42H,1-4H3. The third-order valence-electron chi connectivity index (χ3n) is 17.8. The van der Waals surface area contributed by atoms with Crippen LogP contribution in [0.25, 0.3) is 141 Å². The van der Waals surface area contributed by atoms with Gasteiger partial charge in [-0.15, -0.1) is 0 Å². The van der Waals surface area contributed by atoms with Gasteiger partial charge in [-0.1, -0.05) is 222 Å². The van der Waals surface area contributed by atoms with Crippen LogP contribution in [-0.2, 0) is 10.8 Å². The molecular weight excluding hydrogens is 889 g/mol. The summed E-state index contributed by atoms with van der Waals surface area (Å²) in [6, 6.07) is 88.1. The Morgan fingerprint density at radius 1 is 0.176 bits per heavy atom. The van der Waals surface area contributed by atoms with E-state index in [9.17, 15) is 0 Å². The van der Waals surface area contributed by atoms with E-state index in [-0.39, 0.29) is 10.8 Å². The fourth-order valence-corrected chi connectivity index (χ4v) is 14.3. The van der Waals surface area contributed by atoms with E-state index in [1.807, 2.05) is 0 Å². The number of hydrogen-bond donors (Lipinski definition) is 0. The second kappa shape index (κ2) is 14.9. The zero-order valence-corrected chi connectivity index (χ0v) is 41.9. The van der Waals surface area contributed by atoms with Gasteiger partial charge in [-0.05, 0) is 199 Å². The first kappa shape index (κ1) is 41.7. The lowest BCUT2D eigenvalue weighted by Crippen LogP contribution is -2.36. The minimum absolute atomic E-state index is 0.320. The molecule has 15 aromatic rings. The Bertz CT molecular complexity index is 4620. The minimum Gasteiger partial charge on any atom is -0.0616 e. The van der Waals surface area contributed by atoms with Gasteiger partial charge in [0.05, 0.1) is 0 Å². The van der Waals surface area contributed by atoms with Crippen molar-refractivity contribution in [1.82, 2.24) is 0 Å². The van der Waals surface area contributed by atoms with Gasteiger partial charge < -0.3 is 0 Å². The molecule has 0 radical (unpaired) electrons. The van der Waals surface area contributed by atoms with Crippen molar-refractivity contribution >= 4 is 118 Å². The Balaban J connectivity index is 1.05. The Kier molecular flexibility index (Phi) is 8.39. The number of benzene rings is 15. The third kappa shape index (κ3) is 5.53. The predicted octanol–water partition coefficient (Wildman–Crippen LogP) is 20.7. The van der Waals surface area contributed by atoms with Gasteiger partial charge in [-0.25, -0.2) is 0 Å². The maximum absolute atomic E-state index is 2.63. The Morgan fingerprint density at radius 2 is 0.365 bits per heavy atom. The largest absolute Gasteiger partial charge is 0.0616 e. The highest BCUT2D eigenvalue weighted by atomic mass is 14.5. The van der Waals surface area contributed by atoms with E-state index in [1.54, 1.807) is 0 Å². The number of rotatable bonds is 2. The van der Waals surface area contributed by atoms with Crippen molar-refractivity contribution in [2.75, 3.05) is 0 Å². The summed E-state index contributed by atoms with van der Waals surface area (Å²) in [6.07, 6.45) is 0. The van der Waals surface area contributed by atoms with E-state index in [4.69, 9.17) is 0 Å². The van der Waals surface area contributed by atoms with E-state index in [0.29, 0.717) is 0 Å². The molecule has 0 aliphatic heterocycles. The minimum atomic E-state index is -0.320. The van der Waals surface area contributed by atoms with Gasteiger partial charge in [-0.3, -0.25) is 0 Å². The average molecular weight is 939 g/mol. The lowest BCUT2D eigenvalue weighted by Gasteiger charge is -2.44. The van der Waals surface area contributed by atoms with Crippen LogP contribution in [0.3, 0.4) is 0 Å². The molecule has 1 aliphatic rings. The molecule has 0 unspecified atom stereocenters. The zero-order chi connectivity index (χ0) is 49.2. The quantitative estimate of drug-likeness (QED) is 0.120. The van der Waals surface area contributed by atoms with Crippen molar-refractivity contribution in [1.29, 1.82) is 0 Å². The molecule has 15 aromatic carbocycles. The van der Waals surface area contributed by atoms with E-state index < -0.39 is 0 Å². The van der Waals surface area contributed by atoms with Crippen LogP contribution < -0.4 is 0 Å². The fourth-order valence-electron chi connectivity index (χ4n) is 14.3. The number of hydrogen-bond acceptors (Lipinski definition) is 0. The zero-order valence-electron chi connectivity index (χ0n) is 41.9. The molecule has 0 saturated carbocycles. The maximum Gasteiger partial charge on any atom is 0.0153 e. The van der Waals surface area contributed by atoms with Crippen LogP contribution in [0.1, 0.15) is 49.9 Å². The molecule has 346 valence electrons. The van der Waals surface area contributed by atoms with Crippen molar-refractivity contribution in [3.8, 4) is 22.3 Å². The molecule has 0 heteroatoms. The van der Waals surface area contributed by atoms with Crippen molar-refractivity contribution in [3.05, 3.63) is 253 Å². The molecule has 16 rings (SSSR count). The van der Waals surface area contributed by atoms with Gasteiger partial charge >= 0.3 is 0 Å². The van der Waals surface area contributed by atoms with Crippen LogP contribution in [0.5, 0.6) is 0 Å². The monoisotopic (exact) mass is 938 g/mol. The van der Waals surface area contributed by atoms with Gasteiger partial charge in [0.15, 0.2) is 0 Å². The number of fused-ring (bicyclic) bond motifs is 22. The normalized spacial score (nSPS) is 14.2. The summed E-state index contributed by atoms with van der Waals surface area (Å²) >= 11 is 0. The SMILES string of the molecule is CC1(C)c2cc3c(-c4ccc5c6ccccc6c6ccccc6c5c4)c4ccccc4c(-c4ccc5c6ccccc6c6ccccc6c5c4)c3cc2C(C)(C)c2cc3c4ccccc4c4ccccc4c3cc21. The first-order valence-corrected chi connectivity index (χ1v) is 26.3. The molecule has 0 aromatic heterocycles. The van der Waals surface area contributed by atoms with Crippen LogP contribution in [-0.4, -0.2) is 0 Å². The average Bonchev–Trinajstić information content (AvgIpc) is 3.47. The summed E-state index contributed by atoms with van der Waals surface area (Å²) < 4.78 is 0. The van der Waals surface area contributed by atoms with Crippen molar-refractivity contribution < 1.29 is 0 Å². The molecule has 0 heterocycles. The second-order valence-corrected chi connectivity index (χ2v) is 22.2. The lowest BCUT2D eigenvalue weighted by molar-refractivity contribution is 0.523. The van der Waals surface area contributed by atoms with Crippen LogP contribution in [0.4, 0.5) is 0 Å². The summed E-state index contributed by atoms with van der Waals surface area (Å²) in [5.41, 5.74) is 10.00. The Hall–Kier alpha value is -8.84. The van der Waals surface area contributed by atoms with Crippen LogP contribution in [0.2, 0.25) is 0 Å². The van der Waals surface area contributed by atoms with Gasteiger partial charge in [0.2, 0.25) is 0 Å². The molecule has 0 saturated heterocycles. The molecule has 74 heavy (non-hydrogen) atoms. The van der Waals surface area contributed by atoms with E-state index in [2.05, 4.69) is 258 Å². The van der Waals surface area contributed by atoms with Crippen molar-refractivity contribution in [2.24, 2.45) is 0 Å². The summed E-state index contributed by atoms with van der Waals surface area (Å²) in [4.78, 5) is 0.